The van der Waals surface area contributed by atoms with Crippen molar-refractivity contribution in [2.45, 2.75) is 6.18 Å². The number of alkyl halides is 3. The molecule has 3 rings (SSSR count). The maximum Gasteiger partial charge on any atom is 0.471 e. The fourth-order valence-corrected chi connectivity index (χ4v) is 3.81. The predicted molar refractivity (Wildman–Crippen MR) is 112 cm³/mol. The highest BCUT2D eigenvalue weighted by molar-refractivity contribution is 6.36. The third-order valence-electron chi connectivity index (χ3n) is 4.76. The Morgan fingerprint density at radius 1 is 1.03 bits per heavy atom. The number of methoxy groups -OCH3 is 1. The van der Waals surface area contributed by atoms with Gasteiger partial charge in [0.25, 0.3) is 5.91 Å². The molecule has 31 heavy (non-hydrogen) atoms. The van der Waals surface area contributed by atoms with Gasteiger partial charge in [-0.2, -0.15) is 13.2 Å². The van der Waals surface area contributed by atoms with Crippen molar-refractivity contribution < 1.29 is 27.5 Å². The van der Waals surface area contributed by atoms with Crippen LogP contribution in [0.25, 0.3) is 0 Å². The molecule has 0 aliphatic carbocycles. The minimum absolute atomic E-state index is 0.0217. The van der Waals surface area contributed by atoms with Crippen molar-refractivity contribution in [3.8, 4) is 5.75 Å². The average molecular weight is 476 g/mol. The zero-order chi connectivity index (χ0) is 22.8. The fourth-order valence-electron chi connectivity index (χ4n) is 3.24. The fraction of sp³-hybridized carbons (Fsp3) is 0.300. The lowest BCUT2D eigenvalue weighted by molar-refractivity contribution is -0.185. The monoisotopic (exact) mass is 475 g/mol. The van der Waals surface area contributed by atoms with Crippen LogP contribution in [0.2, 0.25) is 10.0 Å². The van der Waals surface area contributed by atoms with Crippen molar-refractivity contribution in [3.63, 3.8) is 0 Å². The van der Waals surface area contributed by atoms with Gasteiger partial charge in [-0.25, -0.2) is 0 Å². The van der Waals surface area contributed by atoms with Gasteiger partial charge in [0, 0.05) is 42.6 Å². The summed E-state index contributed by atoms with van der Waals surface area (Å²) < 4.78 is 42.8. The molecule has 1 aliphatic heterocycles. The molecule has 2 aromatic rings. The predicted octanol–water partition coefficient (Wildman–Crippen LogP) is 4.47. The van der Waals surface area contributed by atoms with Crippen molar-refractivity contribution in [1.29, 1.82) is 0 Å². The number of nitrogens with one attached hydrogen (secondary N) is 1. The van der Waals surface area contributed by atoms with Crippen molar-refractivity contribution in [2.75, 3.05) is 43.5 Å². The second-order valence-corrected chi connectivity index (χ2v) is 7.59. The Hall–Kier alpha value is -2.65. The van der Waals surface area contributed by atoms with Crippen LogP contribution < -0.4 is 15.0 Å². The molecule has 166 valence electrons. The number of anilines is 2. The zero-order valence-electron chi connectivity index (χ0n) is 16.3. The third-order valence-corrected chi connectivity index (χ3v) is 5.26. The molecule has 1 heterocycles. The highest BCUT2D eigenvalue weighted by Gasteiger charge is 2.43. The molecule has 0 radical (unpaired) electrons. The number of carbonyl (C=O) groups is 2. The van der Waals surface area contributed by atoms with Crippen LogP contribution in [0.1, 0.15) is 10.4 Å². The Morgan fingerprint density at radius 2 is 1.65 bits per heavy atom. The van der Waals surface area contributed by atoms with E-state index in [0.717, 1.165) is 10.6 Å². The summed E-state index contributed by atoms with van der Waals surface area (Å²) in [6.45, 7) is 0.496. The van der Waals surface area contributed by atoms with Crippen molar-refractivity contribution in [1.82, 2.24) is 4.90 Å². The molecule has 0 unspecified atom stereocenters. The van der Waals surface area contributed by atoms with E-state index in [4.69, 9.17) is 27.9 Å². The van der Waals surface area contributed by atoms with Crippen LogP contribution in [0.4, 0.5) is 24.5 Å². The van der Waals surface area contributed by atoms with E-state index in [-0.39, 0.29) is 47.5 Å². The summed E-state index contributed by atoms with van der Waals surface area (Å²) >= 11 is 12.0. The minimum Gasteiger partial charge on any atom is -0.494 e. The minimum atomic E-state index is -4.86. The van der Waals surface area contributed by atoms with Gasteiger partial charge in [0.2, 0.25) is 0 Å². The molecule has 2 amide bonds. The van der Waals surface area contributed by atoms with Crippen LogP contribution in [0.5, 0.6) is 5.75 Å². The maximum absolute atomic E-state index is 12.6. The second-order valence-electron chi connectivity index (χ2n) is 6.75. The van der Waals surface area contributed by atoms with Gasteiger partial charge in [-0.1, -0.05) is 23.2 Å². The van der Waals surface area contributed by atoms with Gasteiger partial charge >= 0.3 is 12.1 Å². The summed E-state index contributed by atoms with van der Waals surface area (Å²) in [5, 5.41) is 3.22. The molecule has 0 atom stereocenters. The number of carbonyl (C=O) groups excluding carboxylic acids is 2. The molecule has 2 aromatic carbocycles. The molecule has 0 spiro atoms. The Kier molecular flexibility index (Phi) is 6.86. The molecular formula is C20H18Cl2F3N3O3. The number of piperazine rings is 1. The Morgan fingerprint density at radius 3 is 2.19 bits per heavy atom. The van der Waals surface area contributed by atoms with E-state index in [2.05, 4.69) is 5.32 Å². The number of halogens is 5. The Balaban J connectivity index is 1.64. The van der Waals surface area contributed by atoms with Gasteiger partial charge in [-0.15, -0.1) is 0 Å². The molecule has 0 saturated carbocycles. The highest BCUT2D eigenvalue weighted by Crippen LogP contribution is 2.33. The summed E-state index contributed by atoms with van der Waals surface area (Å²) in [6, 6.07) is 9.71. The first-order valence-electron chi connectivity index (χ1n) is 9.15. The van der Waals surface area contributed by atoms with Crippen LogP contribution in [0.15, 0.2) is 36.4 Å². The second kappa shape index (κ2) is 9.23. The molecule has 6 nitrogen and oxygen atoms in total. The molecule has 1 aliphatic rings. The van der Waals surface area contributed by atoms with Gasteiger partial charge in [0.1, 0.15) is 5.75 Å². The molecule has 11 heteroatoms. The number of ether oxygens (including phenoxy) is 1. The maximum atomic E-state index is 12.6. The van der Waals surface area contributed by atoms with E-state index in [9.17, 15) is 22.8 Å². The topological polar surface area (TPSA) is 61.9 Å². The molecule has 1 fully saturated rings. The molecular weight excluding hydrogens is 458 g/mol. The van der Waals surface area contributed by atoms with Crippen LogP contribution in [0.3, 0.4) is 0 Å². The Labute approximate surface area is 186 Å². The van der Waals surface area contributed by atoms with E-state index in [1.807, 2.05) is 4.90 Å². The molecule has 1 N–H and O–H groups in total. The largest absolute Gasteiger partial charge is 0.494 e. The van der Waals surface area contributed by atoms with Gasteiger partial charge < -0.3 is 19.9 Å². The zero-order valence-corrected chi connectivity index (χ0v) is 17.8. The van der Waals surface area contributed by atoms with E-state index in [0.29, 0.717) is 5.69 Å². The SMILES string of the molecule is COc1c(Cl)cc(Cl)cc1C(=O)Nc1ccc(N2CCN(C(=O)C(F)(F)F)CC2)cc1. The van der Waals surface area contributed by atoms with Crippen LogP contribution in [-0.2, 0) is 4.79 Å². The van der Waals surface area contributed by atoms with Gasteiger partial charge in [0.15, 0.2) is 0 Å². The van der Waals surface area contributed by atoms with E-state index >= 15 is 0 Å². The highest BCUT2D eigenvalue weighted by atomic mass is 35.5. The first-order chi connectivity index (χ1) is 14.6. The quantitative estimate of drug-likeness (QED) is 0.708. The normalized spacial score (nSPS) is 14.4. The number of rotatable bonds is 4. The smallest absolute Gasteiger partial charge is 0.471 e. The van der Waals surface area contributed by atoms with Gasteiger partial charge in [-0.3, -0.25) is 9.59 Å². The number of benzene rings is 2. The molecule has 0 aromatic heterocycles. The summed E-state index contributed by atoms with van der Waals surface area (Å²) in [4.78, 5) is 26.6. The van der Waals surface area contributed by atoms with Crippen LogP contribution in [0, 0.1) is 0 Å². The van der Waals surface area contributed by atoms with Crippen LogP contribution >= 0.6 is 23.2 Å². The van der Waals surface area contributed by atoms with Crippen molar-refractivity contribution >= 4 is 46.4 Å². The summed E-state index contributed by atoms with van der Waals surface area (Å²) in [7, 11) is 1.39. The first kappa shape index (κ1) is 23.0. The number of hydrogen-bond acceptors (Lipinski definition) is 4. The number of nitrogens with zero attached hydrogens (tertiary/aromatic N) is 2. The lowest BCUT2D eigenvalue weighted by Gasteiger charge is -2.36. The van der Waals surface area contributed by atoms with E-state index in [1.165, 1.54) is 19.2 Å². The van der Waals surface area contributed by atoms with E-state index in [1.54, 1.807) is 24.3 Å². The average Bonchev–Trinajstić information content (AvgIpc) is 2.72. The lowest BCUT2D eigenvalue weighted by Crippen LogP contribution is -2.52. The van der Waals surface area contributed by atoms with Crippen molar-refractivity contribution in [3.05, 3.63) is 52.0 Å². The summed E-state index contributed by atoms with van der Waals surface area (Å²) in [5.41, 5.74) is 1.44. The Bertz CT molecular complexity index is 976. The first-order valence-corrected chi connectivity index (χ1v) is 9.91. The van der Waals surface area contributed by atoms with Gasteiger partial charge in [-0.05, 0) is 36.4 Å². The summed E-state index contributed by atoms with van der Waals surface area (Å²) in [5.74, 6) is -2.08. The van der Waals surface area contributed by atoms with Crippen LogP contribution in [-0.4, -0.2) is 56.2 Å². The number of hydrogen-bond donors (Lipinski definition) is 1. The lowest BCUT2D eigenvalue weighted by atomic mass is 10.1. The van der Waals surface area contributed by atoms with E-state index < -0.39 is 18.0 Å². The van der Waals surface area contributed by atoms with Gasteiger partial charge in [0.05, 0.1) is 17.7 Å². The standard InChI is InChI=1S/C20H18Cl2F3N3O3/c1-31-17-15(10-12(21)11-16(17)22)18(29)26-13-2-4-14(5-3-13)27-6-8-28(9-7-27)19(30)20(23,24)25/h2-5,10-11H,6-9H2,1H3,(H,26,29). The van der Waals surface area contributed by atoms with Crippen molar-refractivity contribution in [2.24, 2.45) is 0 Å². The molecule has 0 bridgehead atoms. The third kappa shape index (κ3) is 5.34. The summed E-state index contributed by atoms with van der Waals surface area (Å²) in [6.07, 6.45) is -4.86. The molecule has 1 saturated heterocycles. The number of amides is 2.